The van der Waals surface area contributed by atoms with E-state index in [1.807, 2.05) is 36.4 Å². The van der Waals surface area contributed by atoms with E-state index in [9.17, 15) is 4.79 Å². The molecule has 0 amide bonds. The molecule has 0 saturated carbocycles. The van der Waals surface area contributed by atoms with Crippen LogP contribution in [0.15, 0.2) is 51.8 Å². The number of ether oxygens (including phenoxy) is 1. The molecular formula is C16H15BrO2S. The van der Waals surface area contributed by atoms with Crippen LogP contribution < -0.4 is 4.74 Å². The van der Waals surface area contributed by atoms with E-state index in [1.54, 1.807) is 25.8 Å². The highest BCUT2D eigenvalue weighted by Gasteiger charge is 2.06. The fraction of sp³-hybridized carbons (Fsp3) is 0.188. The van der Waals surface area contributed by atoms with Gasteiger partial charge in [-0.25, -0.2) is 0 Å². The van der Waals surface area contributed by atoms with Gasteiger partial charge >= 0.3 is 0 Å². The Morgan fingerprint density at radius 2 is 2.05 bits per heavy atom. The summed E-state index contributed by atoms with van der Waals surface area (Å²) in [5, 5.41) is 0. The molecule has 2 rings (SSSR count). The first-order valence-electron chi connectivity index (χ1n) is 6.16. The average Bonchev–Trinajstić information content (AvgIpc) is 2.45. The number of benzene rings is 2. The standard InChI is InChI=1S/C16H15BrO2S/c1-11(18)12-4-3-5-15(9-12)20-10-13-8-14(17)6-7-16(13)19-2/h3-9H,10H2,1-2H3. The quantitative estimate of drug-likeness (QED) is 0.563. The molecule has 0 aromatic heterocycles. The first kappa shape index (κ1) is 15.1. The molecule has 4 heteroatoms. The predicted octanol–water partition coefficient (Wildman–Crippen LogP) is 4.95. The molecule has 0 spiro atoms. The van der Waals surface area contributed by atoms with Crippen LogP contribution in [0.5, 0.6) is 5.75 Å². The minimum absolute atomic E-state index is 0.0903. The summed E-state index contributed by atoms with van der Waals surface area (Å²) in [6, 6.07) is 13.7. The summed E-state index contributed by atoms with van der Waals surface area (Å²) in [6.45, 7) is 1.58. The number of hydrogen-bond donors (Lipinski definition) is 0. The van der Waals surface area contributed by atoms with Gasteiger partial charge in [-0.05, 0) is 37.3 Å². The van der Waals surface area contributed by atoms with E-state index < -0.39 is 0 Å². The second-order valence-electron chi connectivity index (χ2n) is 4.33. The number of rotatable bonds is 5. The van der Waals surface area contributed by atoms with Gasteiger partial charge in [0.1, 0.15) is 5.75 Å². The molecule has 0 radical (unpaired) electrons. The number of carbonyl (C=O) groups is 1. The molecule has 0 N–H and O–H groups in total. The number of carbonyl (C=O) groups excluding carboxylic acids is 1. The first-order chi connectivity index (χ1) is 9.60. The zero-order valence-corrected chi connectivity index (χ0v) is 13.8. The van der Waals surface area contributed by atoms with Gasteiger partial charge < -0.3 is 4.74 Å². The van der Waals surface area contributed by atoms with Crippen molar-refractivity contribution in [3.63, 3.8) is 0 Å². The van der Waals surface area contributed by atoms with Crippen molar-refractivity contribution < 1.29 is 9.53 Å². The van der Waals surface area contributed by atoms with E-state index in [1.165, 1.54) is 0 Å². The van der Waals surface area contributed by atoms with E-state index in [0.29, 0.717) is 0 Å². The number of methoxy groups -OCH3 is 1. The lowest BCUT2D eigenvalue weighted by atomic mass is 10.2. The van der Waals surface area contributed by atoms with Crippen LogP contribution in [0, 0.1) is 0 Å². The Morgan fingerprint density at radius 1 is 1.25 bits per heavy atom. The second kappa shape index (κ2) is 6.95. The van der Waals surface area contributed by atoms with Gasteiger partial charge in [-0.3, -0.25) is 4.79 Å². The monoisotopic (exact) mass is 350 g/mol. The number of Topliss-reactive ketones (excluding diaryl/α,β-unsaturated/α-hetero) is 1. The predicted molar refractivity (Wildman–Crippen MR) is 86.7 cm³/mol. The summed E-state index contributed by atoms with van der Waals surface area (Å²) in [5.74, 6) is 1.76. The van der Waals surface area contributed by atoms with Gasteiger partial charge in [-0.15, -0.1) is 11.8 Å². The smallest absolute Gasteiger partial charge is 0.159 e. The van der Waals surface area contributed by atoms with E-state index >= 15 is 0 Å². The average molecular weight is 351 g/mol. The molecule has 2 aromatic carbocycles. The molecule has 20 heavy (non-hydrogen) atoms. The van der Waals surface area contributed by atoms with Crippen LogP contribution in [0.25, 0.3) is 0 Å². The van der Waals surface area contributed by atoms with Gasteiger partial charge in [-0.1, -0.05) is 28.1 Å². The molecule has 0 aliphatic carbocycles. The zero-order chi connectivity index (χ0) is 14.5. The van der Waals surface area contributed by atoms with Crippen LogP contribution in [0.4, 0.5) is 0 Å². The highest BCUT2D eigenvalue weighted by atomic mass is 79.9. The topological polar surface area (TPSA) is 26.3 Å². The van der Waals surface area contributed by atoms with Crippen molar-refractivity contribution in [3.8, 4) is 5.75 Å². The summed E-state index contributed by atoms with van der Waals surface area (Å²) in [6.07, 6.45) is 0. The maximum atomic E-state index is 11.4. The Kier molecular flexibility index (Phi) is 5.26. The van der Waals surface area contributed by atoms with Crippen molar-refractivity contribution in [2.24, 2.45) is 0 Å². The normalized spacial score (nSPS) is 10.3. The van der Waals surface area contributed by atoms with E-state index in [0.717, 1.165) is 32.0 Å². The molecule has 0 unspecified atom stereocenters. The summed E-state index contributed by atoms with van der Waals surface area (Å²) in [5.41, 5.74) is 1.87. The third-order valence-electron chi connectivity index (χ3n) is 2.88. The summed E-state index contributed by atoms with van der Waals surface area (Å²) < 4.78 is 6.40. The van der Waals surface area contributed by atoms with Crippen molar-refractivity contribution in [3.05, 3.63) is 58.1 Å². The van der Waals surface area contributed by atoms with Gasteiger partial charge in [0.25, 0.3) is 0 Å². The summed E-state index contributed by atoms with van der Waals surface area (Å²) >= 11 is 5.16. The zero-order valence-electron chi connectivity index (χ0n) is 11.4. The molecule has 0 bridgehead atoms. The van der Waals surface area contributed by atoms with E-state index in [4.69, 9.17) is 4.74 Å². The molecule has 104 valence electrons. The fourth-order valence-electron chi connectivity index (χ4n) is 1.83. The third-order valence-corrected chi connectivity index (χ3v) is 4.41. The molecule has 0 fully saturated rings. The Labute approximate surface area is 131 Å². The SMILES string of the molecule is COc1ccc(Br)cc1CSc1cccc(C(C)=O)c1. The molecular weight excluding hydrogens is 336 g/mol. The minimum atomic E-state index is 0.0903. The maximum absolute atomic E-state index is 11.4. The highest BCUT2D eigenvalue weighted by molar-refractivity contribution is 9.10. The lowest BCUT2D eigenvalue weighted by Crippen LogP contribution is -1.92. The van der Waals surface area contributed by atoms with Crippen LogP contribution in [0.2, 0.25) is 0 Å². The van der Waals surface area contributed by atoms with Crippen molar-refractivity contribution >= 4 is 33.5 Å². The van der Waals surface area contributed by atoms with Crippen LogP contribution in [0.3, 0.4) is 0 Å². The van der Waals surface area contributed by atoms with Crippen molar-refractivity contribution in [1.29, 1.82) is 0 Å². The first-order valence-corrected chi connectivity index (χ1v) is 7.94. The second-order valence-corrected chi connectivity index (χ2v) is 6.29. The highest BCUT2D eigenvalue weighted by Crippen LogP contribution is 2.30. The van der Waals surface area contributed by atoms with Gasteiger partial charge in [-0.2, -0.15) is 0 Å². The Morgan fingerprint density at radius 3 is 2.75 bits per heavy atom. The number of hydrogen-bond acceptors (Lipinski definition) is 3. The maximum Gasteiger partial charge on any atom is 0.159 e. The van der Waals surface area contributed by atoms with Crippen LogP contribution in [0.1, 0.15) is 22.8 Å². The molecule has 0 atom stereocenters. The van der Waals surface area contributed by atoms with Gasteiger partial charge in [0, 0.05) is 26.2 Å². The molecule has 0 aliphatic rings. The Balaban J connectivity index is 2.14. The van der Waals surface area contributed by atoms with Crippen LogP contribution in [-0.4, -0.2) is 12.9 Å². The third kappa shape index (κ3) is 3.87. The number of thioether (sulfide) groups is 1. The fourth-order valence-corrected chi connectivity index (χ4v) is 3.17. The number of ketones is 1. The van der Waals surface area contributed by atoms with Crippen molar-refractivity contribution in [2.45, 2.75) is 17.6 Å². The lowest BCUT2D eigenvalue weighted by Gasteiger charge is -2.09. The van der Waals surface area contributed by atoms with E-state index in [2.05, 4.69) is 22.0 Å². The van der Waals surface area contributed by atoms with Gasteiger partial charge in [0.05, 0.1) is 7.11 Å². The van der Waals surface area contributed by atoms with Crippen LogP contribution >= 0.6 is 27.7 Å². The largest absolute Gasteiger partial charge is 0.496 e. The Hall–Kier alpha value is -1.26. The van der Waals surface area contributed by atoms with Crippen LogP contribution in [-0.2, 0) is 5.75 Å². The summed E-state index contributed by atoms with van der Waals surface area (Å²) in [4.78, 5) is 12.5. The van der Waals surface area contributed by atoms with Crippen molar-refractivity contribution in [2.75, 3.05) is 7.11 Å². The Bertz CT molecular complexity index is 626. The van der Waals surface area contributed by atoms with Gasteiger partial charge in [0.2, 0.25) is 0 Å². The molecule has 0 aliphatic heterocycles. The summed E-state index contributed by atoms with van der Waals surface area (Å²) in [7, 11) is 1.67. The molecule has 2 aromatic rings. The van der Waals surface area contributed by atoms with Gasteiger partial charge in [0.15, 0.2) is 5.78 Å². The minimum Gasteiger partial charge on any atom is -0.496 e. The lowest BCUT2D eigenvalue weighted by molar-refractivity contribution is 0.101. The number of halogens is 1. The molecule has 0 heterocycles. The van der Waals surface area contributed by atoms with Crippen molar-refractivity contribution in [1.82, 2.24) is 0 Å². The molecule has 0 saturated heterocycles. The molecule has 2 nitrogen and oxygen atoms in total. The van der Waals surface area contributed by atoms with E-state index in [-0.39, 0.29) is 5.78 Å².